The van der Waals surface area contributed by atoms with E-state index in [1.807, 2.05) is 0 Å². The maximum Gasteiger partial charge on any atom is 0.337 e. The van der Waals surface area contributed by atoms with Crippen LogP contribution < -0.4 is 4.72 Å². The molecule has 0 saturated heterocycles. The summed E-state index contributed by atoms with van der Waals surface area (Å²) >= 11 is 0. The van der Waals surface area contributed by atoms with Crippen LogP contribution in [0.2, 0.25) is 0 Å². The standard InChI is InChI=1S/C17H16FNO6S/c1-8-4-11(16(20)21)6-14(10(8)3)26(24,25)19-15-9(2)5-12(18)7-13(15)17(22)23/h4-7,19H,1-3H3,(H,20,21)(H,22,23). The highest BCUT2D eigenvalue weighted by Crippen LogP contribution is 2.28. The Kier molecular flexibility index (Phi) is 5.04. The number of aromatic carboxylic acids is 2. The summed E-state index contributed by atoms with van der Waals surface area (Å²) in [5.74, 6) is -3.62. The highest BCUT2D eigenvalue weighted by Gasteiger charge is 2.24. The average molecular weight is 381 g/mol. The molecule has 7 nitrogen and oxygen atoms in total. The normalized spacial score (nSPS) is 11.2. The number of benzene rings is 2. The van der Waals surface area contributed by atoms with Crippen molar-refractivity contribution in [1.29, 1.82) is 0 Å². The van der Waals surface area contributed by atoms with Crippen molar-refractivity contribution in [3.63, 3.8) is 0 Å². The van der Waals surface area contributed by atoms with Crippen molar-refractivity contribution in [1.82, 2.24) is 0 Å². The molecule has 9 heteroatoms. The van der Waals surface area contributed by atoms with E-state index in [2.05, 4.69) is 4.72 Å². The second-order valence-electron chi connectivity index (χ2n) is 5.78. The molecule has 0 unspecified atom stereocenters. The molecule has 0 aromatic heterocycles. The zero-order valence-electron chi connectivity index (χ0n) is 14.1. The van der Waals surface area contributed by atoms with Gasteiger partial charge in [0.25, 0.3) is 10.0 Å². The van der Waals surface area contributed by atoms with Gasteiger partial charge in [0.05, 0.1) is 21.7 Å². The van der Waals surface area contributed by atoms with E-state index in [1.54, 1.807) is 6.92 Å². The maximum absolute atomic E-state index is 13.5. The van der Waals surface area contributed by atoms with Crippen LogP contribution in [0, 0.1) is 26.6 Å². The molecule has 0 spiro atoms. The van der Waals surface area contributed by atoms with Crippen molar-refractivity contribution in [2.24, 2.45) is 0 Å². The first-order valence-corrected chi connectivity index (χ1v) is 8.83. The molecule has 138 valence electrons. The maximum atomic E-state index is 13.5. The Morgan fingerprint density at radius 2 is 1.58 bits per heavy atom. The number of anilines is 1. The molecule has 2 aromatic carbocycles. The number of hydrogen-bond acceptors (Lipinski definition) is 4. The Bertz CT molecular complexity index is 1030. The Balaban J connectivity index is 2.65. The summed E-state index contributed by atoms with van der Waals surface area (Å²) in [6, 6.07) is 4.03. The molecule has 0 amide bonds. The van der Waals surface area contributed by atoms with E-state index in [9.17, 15) is 27.5 Å². The van der Waals surface area contributed by atoms with Gasteiger partial charge < -0.3 is 10.2 Å². The van der Waals surface area contributed by atoms with Crippen molar-refractivity contribution in [2.75, 3.05) is 4.72 Å². The van der Waals surface area contributed by atoms with E-state index in [0.717, 1.165) is 12.1 Å². The lowest BCUT2D eigenvalue weighted by molar-refractivity contribution is 0.0686. The molecule has 0 aliphatic carbocycles. The molecule has 0 atom stereocenters. The van der Waals surface area contributed by atoms with Crippen molar-refractivity contribution >= 4 is 27.6 Å². The summed E-state index contributed by atoms with van der Waals surface area (Å²) in [7, 11) is -4.31. The third kappa shape index (κ3) is 3.67. The molecule has 0 heterocycles. The van der Waals surface area contributed by atoms with Gasteiger partial charge >= 0.3 is 11.9 Å². The molecular formula is C17H16FNO6S. The van der Waals surface area contributed by atoms with E-state index in [0.29, 0.717) is 17.2 Å². The van der Waals surface area contributed by atoms with Gasteiger partial charge in [-0.3, -0.25) is 4.72 Å². The number of sulfonamides is 1. The molecule has 26 heavy (non-hydrogen) atoms. The van der Waals surface area contributed by atoms with E-state index < -0.39 is 33.3 Å². The number of rotatable bonds is 5. The van der Waals surface area contributed by atoms with Crippen molar-refractivity contribution < 1.29 is 32.6 Å². The number of hydrogen-bond donors (Lipinski definition) is 3. The molecule has 0 saturated carbocycles. The van der Waals surface area contributed by atoms with Crippen molar-refractivity contribution in [3.8, 4) is 0 Å². The highest BCUT2D eigenvalue weighted by molar-refractivity contribution is 7.92. The molecule has 2 rings (SSSR count). The van der Waals surface area contributed by atoms with Gasteiger partial charge in [-0.1, -0.05) is 0 Å². The van der Waals surface area contributed by atoms with Gasteiger partial charge in [-0.25, -0.2) is 22.4 Å². The van der Waals surface area contributed by atoms with Crippen LogP contribution in [-0.2, 0) is 10.0 Å². The van der Waals surface area contributed by atoms with Crippen LogP contribution in [0.3, 0.4) is 0 Å². The predicted octanol–water partition coefficient (Wildman–Crippen LogP) is 2.95. The number of carbonyl (C=O) groups is 2. The lowest BCUT2D eigenvalue weighted by Crippen LogP contribution is -2.19. The Hall–Kier alpha value is -2.94. The largest absolute Gasteiger partial charge is 0.478 e. The molecule has 0 aliphatic rings. The van der Waals surface area contributed by atoms with Crippen molar-refractivity contribution in [2.45, 2.75) is 25.7 Å². The predicted molar refractivity (Wildman–Crippen MR) is 91.8 cm³/mol. The summed E-state index contributed by atoms with van der Waals surface area (Å²) in [5.41, 5.74) is -0.206. The molecule has 0 fully saturated rings. The summed E-state index contributed by atoms with van der Waals surface area (Å²) in [6.07, 6.45) is 0. The van der Waals surface area contributed by atoms with Crippen LogP contribution >= 0.6 is 0 Å². The van der Waals surface area contributed by atoms with Gasteiger partial charge in [-0.15, -0.1) is 0 Å². The van der Waals surface area contributed by atoms with Crippen LogP contribution in [0.4, 0.5) is 10.1 Å². The molecule has 0 bridgehead atoms. The fourth-order valence-electron chi connectivity index (χ4n) is 2.47. The summed E-state index contributed by atoms with van der Waals surface area (Å²) < 4.78 is 41.2. The quantitative estimate of drug-likeness (QED) is 0.732. The Labute approximate surface area is 149 Å². The number of carboxylic acids is 2. The Morgan fingerprint density at radius 3 is 2.12 bits per heavy atom. The van der Waals surface area contributed by atoms with Crippen molar-refractivity contribution in [3.05, 3.63) is 57.9 Å². The highest BCUT2D eigenvalue weighted by atomic mass is 32.2. The minimum absolute atomic E-state index is 0.0785. The smallest absolute Gasteiger partial charge is 0.337 e. The number of carboxylic acid groups (broad SMARTS) is 2. The summed E-state index contributed by atoms with van der Waals surface area (Å²) in [4.78, 5) is 22.2. The number of nitrogens with one attached hydrogen (secondary N) is 1. The number of halogens is 1. The van der Waals surface area contributed by atoms with Gasteiger partial charge in [0.15, 0.2) is 0 Å². The van der Waals surface area contributed by atoms with Gasteiger partial charge in [0.2, 0.25) is 0 Å². The van der Waals surface area contributed by atoms with Crippen LogP contribution in [0.25, 0.3) is 0 Å². The molecule has 0 radical (unpaired) electrons. The average Bonchev–Trinajstić information content (AvgIpc) is 2.51. The summed E-state index contributed by atoms with van der Waals surface area (Å²) in [6.45, 7) is 4.43. The first-order chi connectivity index (χ1) is 11.9. The second kappa shape index (κ2) is 6.75. The lowest BCUT2D eigenvalue weighted by Gasteiger charge is -2.16. The topological polar surface area (TPSA) is 121 Å². The second-order valence-corrected chi connectivity index (χ2v) is 7.43. The fraction of sp³-hybridized carbons (Fsp3) is 0.176. The first kappa shape index (κ1) is 19.4. The van der Waals surface area contributed by atoms with Gasteiger partial charge in [-0.05, 0) is 61.7 Å². The first-order valence-electron chi connectivity index (χ1n) is 7.35. The van der Waals surface area contributed by atoms with E-state index in [1.165, 1.54) is 19.9 Å². The van der Waals surface area contributed by atoms with Gasteiger partial charge in [0, 0.05) is 0 Å². The van der Waals surface area contributed by atoms with Gasteiger partial charge in [-0.2, -0.15) is 0 Å². The van der Waals surface area contributed by atoms with E-state index in [-0.39, 0.29) is 21.7 Å². The Morgan fingerprint density at radius 1 is 0.962 bits per heavy atom. The van der Waals surface area contributed by atoms with E-state index in [4.69, 9.17) is 5.11 Å². The lowest BCUT2D eigenvalue weighted by atomic mass is 10.1. The number of aryl methyl sites for hydroxylation is 2. The zero-order valence-corrected chi connectivity index (χ0v) is 14.9. The summed E-state index contributed by atoms with van der Waals surface area (Å²) in [5, 5.41) is 18.4. The van der Waals surface area contributed by atoms with Crippen LogP contribution in [0.15, 0.2) is 29.2 Å². The van der Waals surface area contributed by atoms with E-state index >= 15 is 0 Å². The van der Waals surface area contributed by atoms with Crippen LogP contribution in [0.5, 0.6) is 0 Å². The molecule has 2 aromatic rings. The zero-order chi connectivity index (χ0) is 19.8. The molecular weight excluding hydrogens is 365 g/mol. The van der Waals surface area contributed by atoms with Crippen LogP contribution in [-0.4, -0.2) is 30.6 Å². The van der Waals surface area contributed by atoms with Crippen LogP contribution in [0.1, 0.15) is 37.4 Å². The third-order valence-electron chi connectivity index (χ3n) is 3.92. The fourth-order valence-corrected chi connectivity index (χ4v) is 3.96. The molecule has 3 N–H and O–H groups in total. The van der Waals surface area contributed by atoms with Gasteiger partial charge in [0.1, 0.15) is 5.82 Å². The SMILES string of the molecule is Cc1cc(C(=O)O)cc(S(=O)(=O)Nc2c(C)cc(F)cc2C(=O)O)c1C. The monoisotopic (exact) mass is 381 g/mol. The minimum Gasteiger partial charge on any atom is -0.478 e. The third-order valence-corrected chi connectivity index (χ3v) is 5.40. The molecule has 0 aliphatic heterocycles. The minimum atomic E-state index is -4.31.